The lowest BCUT2D eigenvalue weighted by atomic mass is 10.1. The molecule has 1 unspecified atom stereocenters. The van der Waals surface area contributed by atoms with Crippen molar-refractivity contribution in [3.05, 3.63) is 41.6 Å². The van der Waals surface area contributed by atoms with Crippen LogP contribution >= 0.6 is 0 Å². The van der Waals surface area contributed by atoms with E-state index in [1.54, 1.807) is 24.1 Å². The first-order valence-electron chi connectivity index (χ1n) is 4.96. The normalized spacial score (nSPS) is 19.1. The summed E-state index contributed by atoms with van der Waals surface area (Å²) in [7, 11) is 1.69. The van der Waals surface area contributed by atoms with Crippen LogP contribution in [0.15, 0.2) is 35.1 Å². The van der Waals surface area contributed by atoms with Gasteiger partial charge in [0.05, 0.1) is 11.1 Å². The molecule has 88 valence electrons. The molecule has 0 saturated heterocycles. The second kappa shape index (κ2) is 4.32. The summed E-state index contributed by atoms with van der Waals surface area (Å²) < 4.78 is 13.5. The monoisotopic (exact) mass is 234 g/mol. The molecule has 0 aliphatic carbocycles. The van der Waals surface area contributed by atoms with E-state index in [0.29, 0.717) is 5.56 Å². The van der Waals surface area contributed by atoms with Gasteiger partial charge in [-0.05, 0) is 12.1 Å². The molecule has 0 aromatic carbocycles. The van der Waals surface area contributed by atoms with Crippen LogP contribution in [-0.2, 0) is 4.79 Å². The summed E-state index contributed by atoms with van der Waals surface area (Å²) in [5.41, 5.74) is 5.77. The van der Waals surface area contributed by atoms with Crippen molar-refractivity contribution in [1.29, 1.82) is 0 Å². The second-order valence-electron chi connectivity index (χ2n) is 3.65. The number of hydrogen-bond acceptors (Lipinski definition) is 4. The predicted molar refractivity (Wildman–Crippen MR) is 60.5 cm³/mol. The van der Waals surface area contributed by atoms with Crippen molar-refractivity contribution in [2.45, 2.75) is 6.17 Å². The van der Waals surface area contributed by atoms with Gasteiger partial charge in [0.25, 0.3) is 5.91 Å². The number of pyridine rings is 1. The fraction of sp³-hybridized carbons (Fsp3) is 0.182. The van der Waals surface area contributed by atoms with Crippen LogP contribution < -0.4 is 5.73 Å². The lowest BCUT2D eigenvalue weighted by molar-refractivity contribution is -0.114. The first-order chi connectivity index (χ1) is 8.09. The molecule has 2 heterocycles. The third-order valence-corrected chi connectivity index (χ3v) is 2.43. The topological polar surface area (TPSA) is 71.6 Å². The number of aromatic nitrogens is 1. The highest BCUT2D eigenvalue weighted by Gasteiger charge is 2.22. The van der Waals surface area contributed by atoms with Crippen LogP contribution in [0.4, 0.5) is 4.39 Å². The van der Waals surface area contributed by atoms with Crippen molar-refractivity contribution in [1.82, 2.24) is 9.88 Å². The summed E-state index contributed by atoms with van der Waals surface area (Å²) in [5, 5.41) is 0. The molecule has 1 amide bonds. The number of rotatable bonds is 2. The van der Waals surface area contributed by atoms with E-state index in [9.17, 15) is 9.18 Å². The summed E-state index contributed by atoms with van der Waals surface area (Å²) in [6.45, 7) is 0. The van der Waals surface area contributed by atoms with Gasteiger partial charge in [-0.25, -0.2) is 4.98 Å². The van der Waals surface area contributed by atoms with Gasteiger partial charge in [0.15, 0.2) is 6.17 Å². The third kappa shape index (κ3) is 2.15. The molecule has 1 aliphatic rings. The lowest BCUT2D eigenvalue weighted by Crippen LogP contribution is -2.27. The first kappa shape index (κ1) is 11.3. The Morgan fingerprint density at radius 3 is 2.94 bits per heavy atom. The van der Waals surface area contributed by atoms with Gasteiger partial charge >= 0.3 is 0 Å². The average molecular weight is 234 g/mol. The molecule has 0 saturated carbocycles. The molecule has 1 aromatic rings. The van der Waals surface area contributed by atoms with Crippen molar-refractivity contribution in [3.8, 4) is 0 Å². The van der Waals surface area contributed by atoms with Gasteiger partial charge < -0.3 is 10.6 Å². The number of nitrogens with two attached hydrogens (primary N) is 1. The number of carbonyl (C=O) groups excluding carboxylic acids is 1. The number of amides is 1. The molecule has 1 atom stereocenters. The van der Waals surface area contributed by atoms with Gasteiger partial charge in [-0.3, -0.25) is 9.79 Å². The Labute approximate surface area is 97.5 Å². The van der Waals surface area contributed by atoms with Gasteiger partial charge in [-0.2, -0.15) is 4.39 Å². The average Bonchev–Trinajstić information content (AvgIpc) is 2.30. The minimum atomic E-state index is -0.572. The summed E-state index contributed by atoms with van der Waals surface area (Å²) in [4.78, 5) is 20.2. The van der Waals surface area contributed by atoms with Gasteiger partial charge in [0.2, 0.25) is 5.95 Å². The molecule has 2 N–H and O–H groups in total. The summed E-state index contributed by atoms with van der Waals surface area (Å²) >= 11 is 0. The third-order valence-electron chi connectivity index (χ3n) is 2.43. The van der Waals surface area contributed by atoms with Gasteiger partial charge in [0, 0.05) is 25.7 Å². The highest BCUT2D eigenvalue weighted by atomic mass is 19.1. The molecule has 2 rings (SSSR count). The maximum atomic E-state index is 13.5. The number of carbonyl (C=O) groups is 1. The van der Waals surface area contributed by atoms with Crippen LogP contribution in [0.5, 0.6) is 0 Å². The van der Waals surface area contributed by atoms with E-state index in [4.69, 9.17) is 5.73 Å². The molecule has 1 aromatic heterocycles. The highest BCUT2D eigenvalue weighted by Crippen LogP contribution is 2.25. The lowest BCUT2D eigenvalue weighted by Gasteiger charge is -2.26. The largest absolute Gasteiger partial charge is 0.366 e. The summed E-state index contributed by atoms with van der Waals surface area (Å²) in [6, 6.07) is 3.24. The maximum absolute atomic E-state index is 13.5. The van der Waals surface area contributed by atoms with Crippen LogP contribution in [0.25, 0.3) is 0 Å². The SMILES string of the molecule is CN1C=C(C(N)=O)C=NC1c1cccnc1F. The van der Waals surface area contributed by atoms with Crippen molar-refractivity contribution in [2.75, 3.05) is 7.05 Å². The van der Waals surface area contributed by atoms with Gasteiger partial charge in [-0.1, -0.05) is 0 Å². The van der Waals surface area contributed by atoms with E-state index >= 15 is 0 Å². The minimum absolute atomic E-state index is 0.285. The predicted octanol–water partition coefficient (Wildman–Crippen LogP) is 0.605. The van der Waals surface area contributed by atoms with E-state index in [0.717, 1.165) is 0 Å². The molecule has 1 aliphatic heterocycles. The second-order valence-corrected chi connectivity index (χ2v) is 3.65. The quantitative estimate of drug-likeness (QED) is 0.762. The molecule has 0 fully saturated rings. The molecule has 0 spiro atoms. The van der Waals surface area contributed by atoms with Crippen LogP contribution in [0, 0.1) is 5.95 Å². The minimum Gasteiger partial charge on any atom is -0.366 e. The zero-order chi connectivity index (χ0) is 12.4. The molecular formula is C11H11FN4O. The molecule has 17 heavy (non-hydrogen) atoms. The van der Waals surface area contributed by atoms with E-state index < -0.39 is 18.0 Å². The van der Waals surface area contributed by atoms with Crippen LogP contribution in [0.2, 0.25) is 0 Å². The van der Waals surface area contributed by atoms with Crippen molar-refractivity contribution in [2.24, 2.45) is 10.7 Å². The van der Waals surface area contributed by atoms with Crippen molar-refractivity contribution < 1.29 is 9.18 Å². The zero-order valence-corrected chi connectivity index (χ0v) is 9.17. The molecule has 0 bridgehead atoms. The Morgan fingerprint density at radius 2 is 2.35 bits per heavy atom. The maximum Gasteiger partial charge on any atom is 0.251 e. The van der Waals surface area contributed by atoms with Crippen LogP contribution in [0.1, 0.15) is 11.7 Å². The Kier molecular flexibility index (Phi) is 2.86. The molecule has 0 radical (unpaired) electrons. The van der Waals surface area contributed by atoms with Gasteiger partial charge in [0.1, 0.15) is 0 Å². The fourth-order valence-corrected chi connectivity index (χ4v) is 1.60. The van der Waals surface area contributed by atoms with E-state index in [1.165, 1.54) is 18.6 Å². The zero-order valence-electron chi connectivity index (χ0n) is 9.17. The molecular weight excluding hydrogens is 223 g/mol. The highest BCUT2D eigenvalue weighted by molar-refractivity contribution is 6.11. The Bertz CT molecular complexity index is 512. The van der Waals surface area contributed by atoms with E-state index in [2.05, 4.69) is 9.98 Å². The first-order valence-corrected chi connectivity index (χ1v) is 4.96. The number of nitrogens with zero attached hydrogens (tertiary/aromatic N) is 3. The smallest absolute Gasteiger partial charge is 0.251 e. The Hall–Kier alpha value is -2.24. The fourth-order valence-electron chi connectivity index (χ4n) is 1.60. The van der Waals surface area contributed by atoms with Crippen molar-refractivity contribution in [3.63, 3.8) is 0 Å². The number of primary amides is 1. The number of hydrogen-bond donors (Lipinski definition) is 1. The van der Waals surface area contributed by atoms with Gasteiger partial charge in [-0.15, -0.1) is 0 Å². The van der Waals surface area contributed by atoms with E-state index in [-0.39, 0.29) is 5.57 Å². The summed E-state index contributed by atoms with van der Waals surface area (Å²) in [5.74, 6) is -1.14. The van der Waals surface area contributed by atoms with Crippen molar-refractivity contribution >= 4 is 12.1 Å². The molecule has 6 heteroatoms. The Balaban J connectivity index is 2.31. The Morgan fingerprint density at radius 1 is 1.59 bits per heavy atom. The van der Waals surface area contributed by atoms with Crippen LogP contribution in [-0.4, -0.2) is 29.1 Å². The number of aliphatic imine (C=N–C) groups is 1. The van der Waals surface area contributed by atoms with E-state index in [1.807, 2.05) is 0 Å². The standard InChI is InChI=1S/C11H11FN4O/c1-16-6-7(10(13)17)5-15-11(16)8-3-2-4-14-9(8)12/h2-6,11H,1H3,(H2,13,17). The molecule has 5 nitrogen and oxygen atoms in total. The number of halogens is 1. The van der Waals surface area contributed by atoms with Crippen LogP contribution in [0.3, 0.4) is 0 Å². The summed E-state index contributed by atoms with van der Waals surface area (Å²) in [6.07, 6.45) is 3.73.